The van der Waals surface area contributed by atoms with E-state index < -0.39 is 10.0 Å². The Morgan fingerprint density at radius 1 is 1.26 bits per heavy atom. The van der Waals surface area contributed by atoms with Crippen LogP contribution < -0.4 is 15.8 Å². The molecule has 8 heteroatoms. The van der Waals surface area contributed by atoms with E-state index in [1.807, 2.05) is 0 Å². The minimum Gasteiger partial charge on any atom is -0.350 e. The molecule has 0 radical (unpaired) electrons. The van der Waals surface area contributed by atoms with Gasteiger partial charge in [-0.15, -0.1) is 12.4 Å². The van der Waals surface area contributed by atoms with Gasteiger partial charge >= 0.3 is 0 Å². The first-order valence-corrected chi connectivity index (χ1v) is 9.10. The third kappa shape index (κ3) is 4.91. The van der Waals surface area contributed by atoms with Crippen LogP contribution in [-0.4, -0.2) is 33.0 Å². The summed E-state index contributed by atoms with van der Waals surface area (Å²) in [4.78, 5) is 12.2. The summed E-state index contributed by atoms with van der Waals surface area (Å²) in [5.74, 6) is 0.217. The van der Waals surface area contributed by atoms with Gasteiger partial charge in [-0.3, -0.25) is 4.79 Å². The Hall–Kier alpha value is -1.15. The van der Waals surface area contributed by atoms with Crippen molar-refractivity contribution in [3.63, 3.8) is 0 Å². The molecule has 0 aliphatic heterocycles. The normalized spacial score (nSPS) is 18.8. The lowest BCUT2D eigenvalue weighted by Gasteiger charge is -2.12. The molecule has 1 aromatic carbocycles. The van der Waals surface area contributed by atoms with E-state index in [2.05, 4.69) is 10.0 Å². The molecule has 6 nitrogen and oxygen atoms in total. The molecule has 1 amide bonds. The number of benzene rings is 1. The van der Waals surface area contributed by atoms with Gasteiger partial charge in [-0.1, -0.05) is 6.07 Å². The van der Waals surface area contributed by atoms with Crippen molar-refractivity contribution < 1.29 is 13.2 Å². The van der Waals surface area contributed by atoms with Gasteiger partial charge in [0.15, 0.2) is 0 Å². The molecule has 0 spiro atoms. The van der Waals surface area contributed by atoms with Crippen LogP contribution in [0, 0.1) is 5.92 Å². The van der Waals surface area contributed by atoms with Crippen molar-refractivity contribution in [3.8, 4) is 0 Å². The Labute approximate surface area is 142 Å². The van der Waals surface area contributed by atoms with E-state index in [0.29, 0.717) is 18.0 Å². The highest BCUT2D eigenvalue weighted by molar-refractivity contribution is 7.89. The average Bonchev–Trinajstić information content (AvgIpc) is 3.36. The summed E-state index contributed by atoms with van der Waals surface area (Å²) in [6, 6.07) is 6.11. The van der Waals surface area contributed by atoms with Crippen LogP contribution >= 0.6 is 12.4 Å². The van der Waals surface area contributed by atoms with E-state index >= 15 is 0 Å². The molecule has 0 bridgehead atoms. The van der Waals surface area contributed by atoms with E-state index in [-0.39, 0.29) is 35.3 Å². The molecule has 2 aliphatic rings. The summed E-state index contributed by atoms with van der Waals surface area (Å²) in [6.45, 7) is 0.417. The lowest BCUT2D eigenvalue weighted by molar-refractivity contribution is 0.0950. The highest BCUT2D eigenvalue weighted by Crippen LogP contribution is 2.31. The van der Waals surface area contributed by atoms with Crippen LogP contribution in [0.4, 0.5) is 0 Å². The third-order valence-corrected chi connectivity index (χ3v) is 5.55. The predicted molar refractivity (Wildman–Crippen MR) is 90.1 cm³/mol. The maximum absolute atomic E-state index is 12.2. The number of hydrogen-bond acceptors (Lipinski definition) is 4. The van der Waals surface area contributed by atoms with Crippen LogP contribution in [0.1, 0.15) is 36.0 Å². The van der Waals surface area contributed by atoms with Gasteiger partial charge in [0.05, 0.1) is 4.90 Å². The smallest absolute Gasteiger partial charge is 0.251 e. The molecule has 2 aliphatic carbocycles. The van der Waals surface area contributed by atoms with Crippen molar-refractivity contribution in [2.45, 2.75) is 42.7 Å². The molecule has 0 heterocycles. The van der Waals surface area contributed by atoms with E-state index in [0.717, 1.165) is 25.7 Å². The number of amides is 1. The van der Waals surface area contributed by atoms with Crippen molar-refractivity contribution in [1.29, 1.82) is 0 Å². The first-order valence-electron chi connectivity index (χ1n) is 7.62. The Bertz CT molecular complexity index is 672. The molecule has 4 N–H and O–H groups in total. The second kappa shape index (κ2) is 7.17. The zero-order valence-corrected chi connectivity index (χ0v) is 14.3. The fourth-order valence-corrected chi connectivity index (χ4v) is 3.65. The SMILES string of the molecule is Cl.NC(CNC(=O)c1cccc(S(=O)(=O)NC2CC2)c1)C1CC1. The molecule has 128 valence electrons. The fourth-order valence-electron chi connectivity index (χ4n) is 2.30. The number of carbonyl (C=O) groups is 1. The Morgan fingerprint density at radius 2 is 1.96 bits per heavy atom. The van der Waals surface area contributed by atoms with Crippen molar-refractivity contribution in [2.75, 3.05) is 6.54 Å². The fraction of sp³-hybridized carbons (Fsp3) is 0.533. The first-order chi connectivity index (χ1) is 10.5. The molecule has 2 saturated carbocycles. The van der Waals surface area contributed by atoms with Gasteiger partial charge in [-0.25, -0.2) is 13.1 Å². The number of halogens is 1. The van der Waals surface area contributed by atoms with Crippen LogP contribution in [-0.2, 0) is 10.0 Å². The van der Waals surface area contributed by atoms with Crippen molar-refractivity contribution in [1.82, 2.24) is 10.0 Å². The van der Waals surface area contributed by atoms with E-state index in [1.165, 1.54) is 12.1 Å². The lowest BCUT2D eigenvalue weighted by atomic mass is 10.2. The Balaban J connectivity index is 0.00000192. The van der Waals surface area contributed by atoms with Gasteiger partial charge in [0.1, 0.15) is 0 Å². The van der Waals surface area contributed by atoms with Gasteiger partial charge in [-0.05, 0) is 49.8 Å². The Morgan fingerprint density at radius 3 is 2.57 bits per heavy atom. The number of nitrogens with one attached hydrogen (secondary N) is 2. The average molecular weight is 360 g/mol. The maximum Gasteiger partial charge on any atom is 0.251 e. The summed E-state index contributed by atoms with van der Waals surface area (Å²) in [5, 5.41) is 2.77. The summed E-state index contributed by atoms with van der Waals surface area (Å²) in [5.41, 5.74) is 6.28. The summed E-state index contributed by atoms with van der Waals surface area (Å²) < 4.78 is 26.9. The monoisotopic (exact) mass is 359 g/mol. The quantitative estimate of drug-likeness (QED) is 0.676. The predicted octanol–water partition coefficient (Wildman–Crippen LogP) is 1.02. The first kappa shape index (κ1) is 18.2. The van der Waals surface area contributed by atoms with Gasteiger partial charge in [0.25, 0.3) is 5.91 Å². The second-order valence-electron chi connectivity index (χ2n) is 6.13. The number of sulfonamides is 1. The summed E-state index contributed by atoms with van der Waals surface area (Å²) in [7, 11) is -3.54. The molecular formula is C15H22ClN3O3S. The summed E-state index contributed by atoms with van der Waals surface area (Å²) in [6.07, 6.45) is 3.99. The zero-order valence-electron chi connectivity index (χ0n) is 12.7. The minimum absolute atomic E-state index is 0. The zero-order chi connectivity index (χ0) is 15.7. The highest BCUT2D eigenvalue weighted by atomic mass is 35.5. The number of rotatable bonds is 7. The van der Waals surface area contributed by atoms with Crippen LogP contribution in [0.2, 0.25) is 0 Å². The molecule has 1 atom stereocenters. The molecule has 3 rings (SSSR count). The van der Waals surface area contributed by atoms with Crippen LogP contribution in [0.25, 0.3) is 0 Å². The molecule has 2 fully saturated rings. The molecule has 23 heavy (non-hydrogen) atoms. The largest absolute Gasteiger partial charge is 0.350 e. The van der Waals surface area contributed by atoms with Crippen molar-refractivity contribution in [3.05, 3.63) is 29.8 Å². The molecule has 0 saturated heterocycles. The highest BCUT2D eigenvalue weighted by Gasteiger charge is 2.29. The van der Waals surface area contributed by atoms with E-state index in [1.54, 1.807) is 12.1 Å². The molecule has 0 aromatic heterocycles. The van der Waals surface area contributed by atoms with Gasteiger partial charge < -0.3 is 11.1 Å². The molecule has 1 aromatic rings. The van der Waals surface area contributed by atoms with Crippen LogP contribution in [0.5, 0.6) is 0 Å². The molecule has 1 unspecified atom stereocenters. The number of nitrogens with two attached hydrogens (primary N) is 1. The third-order valence-electron chi connectivity index (χ3n) is 4.03. The molecular weight excluding hydrogens is 338 g/mol. The van der Waals surface area contributed by atoms with Crippen LogP contribution in [0.15, 0.2) is 29.2 Å². The van der Waals surface area contributed by atoms with Crippen molar-refractivity contribution >= 4 is 28.3 Å². The van der Waals surface area contributed by atoms with Crippen LogP contribution in [0.3, 0.4) is 0 Å². The standard InChI is InChI=1S/C15H21N3O3S.ClH/c16-14(10-4-5-10)9-17-15(19)11-2-1-3-13(8-11)22(20,21)18-12-6-7-12;/h1-3,8,10,12,14,18H,4-7,9,16H2,(H,17,19);1H. The number of hydrogen-bond donors (Lipinski definition) is 3. The summed E-state index contributed by atoms with van der Waals surface area (Å²) >= 11 is 0. The minimum atomic E-state index is -3.54. The maximum atomic E-state index is 12.2. The van der Waals surface area contributed by atoms with E-state index in [9.17, 15) is 13.2 Å². The Kier molecular flexibility index (Phi) is 5.67. The topological polar surface area (TPSA) is 101 Å². The van der Waals surface area contributed by atoms with Gasteiger partial charge in [0, 0.05) is 24.2 Å². The van der Waals surface area contributed by atoms with Gasteiger partial charge in [0.2, 0.25) is 10.0 Å². The lowest BCUT2D eigenvalue weighted by Crippen LogP contribution is -2.38. The number of carbonyl (C=O) groups excluding carboxylic acids is 1. The van der Waals surface area contributed by atoms with Crippen molar-refractivity contribution in [2.24, 2.45) is 11.7 Å². The van der Waals surface area contributed by atoms with E-state index in [4.69, 9.17) is 5.73 Å². The second-order valence-corrected chi connectivity index (χ2v) is 7.85. The van der Waals surface area contributed by atoms with Gasteiger partial charge in [-0.2, -0.15) is 0 Å².